The predicted molar refractivity (Wildman–Crippen MR) is 139 cm³/mol. The number of allylic oxidation sites excluding steroid dienone is 1. The predicted octanol–water partition coefficient (Wildman–Crippen LogP) is 4.94. The molecule has 0 aliphatic carbocycles. The van der Waals surface area contributed by atoms with Gasteiger partial charge in [-0.3, -0.25) is 9.99 Å². The third kappa shape index (κ3) is 7.24. The molecule has 2 aromatic carbocycles. The Kier molecular flexibility index (Phi) is 9.17. The van der Waals surface area contributed by atoms with E-state index >= 15 is 0 Å². The average molecular weight is 495 g/mol. The average Bonchev–Trinajstić information content (AvgIpc) is 3.37. The van der Waals surface area contributed by atoms with Crippen LogP contribution in [0.3, 0.4) is 0 Å². The molecule has 8 heteroatoms. The molecule has 1 aromatic heterocycles. The van der Waals surface area contributed by atoms with E-state index in [1.54, 1.807) is 41.7 Å². The number of rotatable bonds is 8. The second-order valence-corrected chi connectivity index (χ2v) is 9.86. The number of hydrogen-bond donors (Lipinski definition) is 2. The fourth-order valence-electron chi connectivity index (χ4n) is 3.51. The maximum Gasteiger partial charge on any atom is 0.175 e. The SMILES string of the molecule is CC.CS(=O)(=O)c1ccc(-c2ccc(CC(CF)N3C=C(/C=C/c4ccncc4)NN3)cc2)cc1. The first-order valence-electron chi connectivity index (χ1n) is 11.5. The Hall–Kier alpha value is -3.49. The number of pyridine rings is 1. The van der Waals surface area contributed by atoms with Crippen LogP contribution in [0.1, 0.15) is 25.0 Å². The Bertz CT molecular complexity index is 1240. The highest BCUT2D eigenvalue weighted by atomic mass is 32.2. The molecule has 0 radical (unpaired) electrons. The molecule has 1 atom stereocenters. The minimum Gasteiger partial charge on any atom is -0.302 e. The van der Waals surface area contributed by atoms with E-state index < -0.39 is 16.5 Å². The largest absolute Gasteiger partial charge is 0.302 e. The molecule has 0 saturated heterocycles. The molecule has 3 aromatic rings. The monoisotopic (exact) mass is 494 g/mol. The molecule has 0 fully saturated rings. The van der Waals surface area contributed by atoms with E-state index in [9.17, 15) is 12.8 Å². The van der Waals surface area contributed by atoms with Gasteiger partial charge in [-0.05, 0) is 59.0 Å². The number of halogens is 1. The van der Waals surface area contributed by atoms with E-state index in [0.29, 0.717) is 11.3 Å². The van der Waals surface area contributed by atoms with Gasteiger partial charge in [-0.2, -0.15) is 0 Å². The van der Waals surface area contributed by atoms with Gasteiger partial charge in [0.15, 0.2) is 9.84 Å². The molecule has 0 spiro atoms. The van der Waals surface area contributed by atoms with Crippen LogP contribution in [0.25, 0.3) is 17.2 Å². The zero-order chi connectivity index (χ0) is 25.3. The van der Waals surface area contributed by atoms with Crippen LogP contribution in [0, 0.1) is 0 Å². The minimum atomic E-state index is -3.22. The zero-order valence-corrected chi connectivity index (χ0v) is 21.0. The maximum atomic E-state index is 13.8. The van der Waals surface area contributed by atoms with Crippen LogP contribution >= 0.6 is 0 Å². The van der Waals surface area contributed by atoms with Crippen LogP contribution in [-0.2, 0) is 16.3 Å². The lowest BCUT2D eigenvalue weighted by atomic mass is 10.0. The van der Waals surface area contributed by atoms with Crippen LogP contribution < -0.4 is 11.0 Å². The second kappa shape index (κ2) is 12.3. The van der Waals surface area contributed by atoms with E-state index in [1.165, 1.54) is 6.26 Å². The van der Waals surface area contributed by atoms with Crippen molar-refractivity contribution in [3.63, 3.8) is 0 Å². The number of benzene rings is 2. The van der Waals surface area contributed by atoms with Crippen LogP contribution in [0.4, 0.5) is 4.39 Å². The summed E-state index contributed by atoms with van der Waals surface area (Å²) >= 11 is 0. The highest BCUT2D eigenvalue weighted by Gasteiger charge is 2.20. The molecule has 35 heavy (non-hydrogen) atoms. The van der Waals surface area contributed by atoms with E-state index in [-0.39, 0.29) is 6.04 Å². The number of aromatic nitrogens is 1. The van der Waals surface area contributed by atoms with Crippen molar-refractivity contribution in [2.24, 2.45) is 0 Å². The first-order chi connectivity index (χ1) is 16.9. The van der Waals surface area contributed by atoms with Gasteiger partial charge in [-0.25, -0.2) is 12.8 Å². The number of hydrogen-bond acceptors (Lipinski definition) is 6. The molecule has 4 rings (SSSR count). The van der Waals surface area contributed by atoms with Gasteiger partial charge in [-0.1, -0.05) is 56.3 Å². The number of nitrogens with one attached hydrogen (secondary N) is 2. The van der Waals surface area contributed by atoms with Crippen molar-refractivity contribution in [3.05, 3.63) is 102 Å². The lowest BCUT2D eigenvalue weighted by Gasteiger charge is -2.24. The van der Waals surface area contributed by atoms with Crippen molar-refractivity contribution in [2.45, 2.75) is 31.2 Å². The summed E-state index contributed by atoms with van der Waals surface area (Å²) in [7, 11) is -3.22. The number of nitrogens with zero attached hydrogens (tertiary/aromatic N) is 2. The quantitative estimate of drug-likeness (QED) is 0.462. The number of sulfone groups is 1. The molecule has 1 aliphatic rings. The maximum absolute atomic E-state index is 13.8. The van der Waals surface area contributed by atoms with E-state index in [4.69, 9.17) is 0 Å². The Balaban J connectivity index is 0.00000167. The van der Waals surface area contributed by atoms with Gasteiger partial charge in [-0.15, -0.1) is 5.53 Å². The minimum absolute atomic E-state index is 0.295. The molecule has 1 unspecified atom stereocenters. The van der Waals surface area contributed by atoms with Crippen molar-refractivity contribution in [1.29, 1.82) is 0 Å². The normalized spacial score (nSPS) is 14.2. The van der Waals surface area contributed by atoms with Gasteiger partial charge in [0.1, 0.15) is 6.67 Å². The van der Waals surface area contributed by atoms with Crippen molar-refractivity contribution in [2.75, 3.05) is 12.9 Å². The molecule has 6 nitrogen and oxygen atoms in total. The lowest BCUT2D eigenvalue weighted by Crippen LogP contribution is -2.45. The van der Waals surface area contributed by atoms with Gasteiger partial charge in [0.05, 0.1) is 16.6 Å². The van der Waals surface area contributed by atoms with Crippen LogP contribution in [0.5, 0.6) is 0 Å². The Morgan fingerprint density at radius 3 is 2.11 bits per heavy atom. The zero-order valence-electron chi connectivity index (χ0n) is 20.1. The summed E-state index contributed by atoms with van der Waals surface area (Å²) in [6.45, 7) is 3.49. The molecule has 0 amide bonds. The molecular formula is C27H31FN4O2S. The standard InChI is InChI=1S/C25H25FN4O2S.C2H6/c1-33(31,32)25-10-7-22(8-11-25)21-5-2-20(3-6-21)16-24(17-26)30-18-23(28-29-30)9-4-19-12-14-27-15-13-19;1-2/h2-15,18,24,28-29H,16-17H2,1H3;1-2H3/b9-4+;. The summed E-state index contributed by atoms with van der Waals surface area (Å²) in [6.07, 6.45) is 10.9. The Labute approximate surface area is 207 Å². The van der Waals surface area contributed by atoms with Gasteiger partial charge in [0.2, 0.25) is 0 Å². The summed E-state index contributed by atoms with van der Waals surface area (Å²) in [6, 6.07) is 18.1. The van der Waals surface area contributed by atoms with Crippen molar-refractivity contribution in [3.8, 4) is 11.1 Å². The highest BCUT2D eigenvalue weighted by molar-refractivity contribution is 7.90. The van der Waals surface area contributed by atoms with Crippen molar-refractivity contribution < 1.29 is 12.8 Å². The molecule has 2 heterocycles. The van der Waals surface area contributed by atoms with Crippen LogP contribution in [0.15, 0.2) is 95.9 Å². The third-order valence-corrected chi connectivity index (χ3v) is 6.51. The summed E-state index contributed by atoms with van der Waals surface area (Å²) in [5.41, 5.74) is 10.8. The van der Waals surface area contributed by atoms with Gasteiger partial charge < -0.3 is 5.43 Å². The first-order valence-corrected chi connectivity index (χ1v) is 13.4. The first kappa shape index (κ1) is 26.1. The van der Waals surface area contributed by atoms with Crippen molar-refractivity contribution in [1.82, 2.24) is 21.0 Å². The summed E-state index contributed by atoms with van der Waals surface area (Å²) in [5, 5.41) is 1.74. The number of hydrazine groups is 2. The fourth-order valence-corrected chi connectivity index (χ4v) is 4.14. The van der Waals surface area contributed by atoms with Gasteiger partial charge >= 0.3 is 0 Å². The van der Waals surface area contributed by atoms with Crippen LogP contribution in [0.2, 0.25) is 0 Å². The van der Waals surface area contributed by atoms with Crippen molar-refractivity contribution >= 4 is 15.9 Å². The highest BCUT2D eigenvalue weighted by Crippen LogP contribution is 2.23. The molecule has 0 saturated carbocycles. The summed E-state index contributed by atoms with van der Waals surface area (Å²) in [5.74, 6) is 0. The van der Waals surface area contributed by atoms with Gasteiger partial charge in [0, 0.05) is 24.8 Å². The lowest BCUT2D eigenvalue weighted by molar-refractivity contribution is 0.164. The Morgan fingerprint density at radius 2 is 1.54 bits per heavy atom. The third-order valence-electron chi connectivity index (χ3n) is 5.38. The fraction of sp³-hybridized carbons (Fsp3) is 0.222. The van der Waals surface area contributed by atoms with E-state index in [0.717, 1.165) is 28.0 Å². The number of alkyl halides is 1. The van der Waals surface area contributed by atoms with E-state index in [1.807, 2.05) is 68.6 Å². The Morgan fingerprint density at radius 1 is 0.943 bits per heavy atom. The molecular weight excluding hydrogens is 463 g/mol. The summed E-state index contributed by atoms with van der Waals surface area (Å²) in [4.78, 5) is 4.29. The molecule has 184 valence electrons. The van der Waals surface area contributed by atoms with Crippen LogP contribution in [-0.4, -0.2) is 37.4 Å². The van der Waals surface area contributed by atoms with E-state index in [2.05, 4.69) is 15.9 Å². The summed E-state index contributed by atoms with van der Waals surface area (Å²) < 4.78 is 37.1. The molecule has 0 bridgehead atoms. The molecule has 2 N–H and O–H groups in total. The van der Waals surface area contributed by atoms with Gasteiger partial charge in [0.25, 0.3) is 0 Å². The smallest absolute Gasteiger partial charge is 0.175 e. The topological polar surface area (TPSA) is 74.3 Å². The molecule has 1 aliphatic heterocycles. The second-order valence-electron chi connectivity index (χ2n) is 7.85.